The van der Waals surface area contributed by atoms with Crippen molar-refractivity contribution >= 4 is 17.2 Å². The molecule has 1 fully saturated rings. The highest BCUT2D eigenvalue weighted by molar-refractivity contribution is 7.09. The number of nitrogens with one attached hydrogen (secondary N) is 2. The van der Waals surface area contributed by atoms with Crippen molar-refractivity contribution in [3.8, 4) is 0 Å². The summed E-state index contributed by atoms with van der Waals surface area (Å²) in [4.78, 5) is 16.4. The van der Waals surface area contributed by atoms with Crippen LogP contribution in [0.2, 0.25) is 0 Å². The molecule has 0 spiro atoms. The van der Waals surface area contributed by atoms with Gasteiger partial charge in [-0.05, 0) is 45.2 Å². The number of thiazole rings is 1. The second kappa shape index (κ2) is 7.15. The minimum absolute atomic E-state index is 0.186. The molecular weight excluding hydrogens is 274 g/mol. The van der Waals surface area contributed by atoms with E-state index in [1.165, 1.54) is 11.3 Å². The number of hydrogen-bond acceptors (Lipinski definition) is 5. The Labute approximate surface area is 123 Å². The molecule has 0 bridgehead atoms. The third-order valence-electron chi connectivity index (χ3n) is 3.59. The van der Waals surface area contributed by atoms with Gasteiger partial charge in [-0.25, -0.2) is 4.98 Å². The Balaban J connectivity index is 1.87. The minimum atomic E-state index is -0.790. The summed E-state index contributed by atoms with van der Waals surface area (Å²) in [7, 11) is 0. The van der Waals surface area contributed by atoms with Crippen molar-refractivity contribution in [2.75, 3.05) is 19.6 Å². The van der Waals surface area contributed by atoms with Gasteiger partial charge in [0.1, 0.15) is 5.69 Å². The molecule has 20 heavy (non-hydrogen) atoms. The number of amides is 1. The van der Waals surface area contributed by atoms with Crippen LogP contribution < -0.4 is 10.6 Å². The van der Waals surface area contributed by atoms with Gasteiger partial charge in [0.25, 0.3) is 5.91 Å². The molecule has 3 N–H and O–H groups in total. The molecule has 6 heteroatoms. The number of nitrogens with zero attached hydrogens (tertiary/aromatic N) is 1. The van der Waals surface area contributed by atoms with E-state index >= 15 is 0 Å². The van der Waals surface area contributed by atoms with Gasteiger partial charge in [-0.1, -0.05) is 6.92 Å². The predicted octanol–water partition coefficient (Wildman–Crippen LogP) is 1.33. The van der Waals surface area contributed by atoms with Gasteiger partial charge in [-0.15, -0.1) is 11.3 Å². The minimum Gasteiger partial charge on any atom is -0.388 e. The molecular formula is C14H23N3O2S. The Morgan fingerprint density at radius 2 is 2.40 bits per heavy atom. The number of rotatable bonds is 5. The molecule has 0 saturated carbocycles. The first-order valence-electron chi connectivity index (χ1n) is 7.29. The molecule has 5 nitrogen and oxygen atoms in total. The van der Waals surface area contributed by atoms with Crippen molar-refractivity contribution in [1.82, 2.24) is 15.6 Å². The van der Waals surface area contributed by atoms with Gasteiger partial charge >= 0.3 is 0 Å². The molecule has 0 aliphatic carbocycles. The SMILES string of the molecule is CCCc1nc(C(=O)NC[C@]2(O)CCCNCC2)cs1. The van der Waals surface area contributed by atoms with E-state index in [1.54, 1.807) is 5.38 Å². The van der Waals surface area contributed by atoms with Crippen LogP contribution in [0.15, 0.2) is 5.38 Å². The maximum Gasteiger partial charge on any atom is 0.270 e. The topological polar surface area (TPSA) is 74.2 Å². The average molecular weight is 297 g/mol. The van der Waals surface area contributed by atoms with E-state index in [-0.39, 0.29) is 5.91 Å². The molecule has 112 valence electrons. The monoisotopic (exact) mass is 297 g/mol. The van der Waals surface area contributed by atoms with Crippen LogP contribution in [0.5, 0.6) is 0 Å². The summed E-state index contributed by atoms with van der Waals surface area (Å²) in [5.74, 6) is -0.186. The van der Waals surface area contributed by atoms with E-state index in [9.17, 15) is 9.90 Å². The largest absolute Gasteiger partial charge is 0.388 e. The van der Waals surface area contributed by atoms with Crippen LogP contribution in [-0.4, -0.2) is 41.2 Å². The van der Waals surface area contributed by atoms with Gasteiger partial charge in [0.15, 0.2) is 0 Å². The van der Waals surface area contributed by atoms with Crippen LogP contribution in [0.25, 0.3) is 0 Å². The van der Waals surface area contributed by atoms with Gasteiger partial charge in [-0.2, -0.15) is 0 Å². The Hall–Kier alpha value is -0.980. The Bertz CT molecular complexity index is 439. The van der Waals surface area contributed by atoms with Crippen molar-refractivity contribution < 1.29 is 9.90 Å². The number of aryl methyl sites for hydroxylation is 1. The number of carbonyl (C=O) groups excluding carboxylic acids is 1. The molecule has 1 atom stereocenters. The van der Waals surface area contributed by atoms with E-state index in [2.05, 4.69) is 22.5 Å². The zero-order chi connectivity index (χ0) is 14.4. The summed E-state index contributed by atoms with van der Waals surface area (Å²) in [6.07, 6.45) is 4.27. The van der Waals surface area contributed by atoms with Crippen LogP contribution in [0.4, 0.5) is 0 Å². The van der Waals surface area contributed by atoms with Crippen LogP contribution in [0.3, 0.4) is 0 Å². The summed E-state index contributed by atoms with van der Waals surface area (Å²) >= 11 is 1.52. The second-order valence-electron chi connectivity index (χ2n) is 5.39. The Kier molecular flexibility index (Phi) is 5.51. The zero-order valence-electron chi connectivity index (χ0n) is 11.9. The van der Waals surface area contributed by atoms with Crippen LogP contribution >= 0.6 is 11.3 Å². The highest BCUT2D eigenvalue weighted by atomic mass is 32.1. The molecule has 0 aromatic carbocycles. The van der Waals surface area contributed by atoms with Crippen molar-refractivity contribution in [2.45, 2.75) is 44.6 Å². The quantitative estimate of drug-likeness (QED) is 0.766. The van der Waals surface area contributed by atoms with E-state index < -0.39 is 5.60 Å². The molecule has 1 amide bonds. The third kappa shape index (κ3) is 4.26. The van der Waals surface area contributed by atoms with E-state index in [0.717, 1.165) is 43.8 Å². The van der Waals surface area contributed by atoms with Gasteiger partial charge in [0, 0.05) is 11.9 Å². The lowest BCUT2D eigenvalue weighted by Gasteiger charge is -2.26. The standard InChI is InChI=1S/C14H23N3O2S/c1-2-4-12-17-11(9-20-12)13(18)16-10-14(19)5-3-7-15-8-6-14/h9,15,19H,2-8,10H2,1H3,(H,16,18)/t14-/m0/s1. The van der Waals surface area contributed by atoms with Crippen molar-refractivity contribution in [1.29, 1.82) is 0 Å². The lowest BCUT2D eigenvalue weighted by atomic mass is 9.95. The lowest BCUT2D eigenvalue weighted by molar-refractivity contribution is 0.0275. The molecule has 0 radical (unpaired) electrons. The van der Waals surface area contributed by atoms with Gasteiger partial charge in [-0.3, -0.25) is 4.79 Å². The van der Waals surface area contributed by atoms with Crippen LogP contribution in [0, 0.1) is 0 Å². The molecule has 1 aliphatic rings. The summed E-state index contributed by atoms with van der Waals surface area (Å²) in [6.45, 7) is 4.12. The lowest BCUT2D eigenvalue weighted by Crippen LogP contribution is -2.43. The van der Waals surface area contributed by atoms with E-state index in [0.29, 0.717) is 18.7 Å². The first kappa shape index (κ1) is 15.4. The molecule has 1 aliphatic heterocycles. The fourth-order valence-electron chi connectivity index (χ4n) is 2.37. The second-order valence-corrected chi connectivity index (χ2v) is 6.33. The summed E-state index contributed by atoms with van der Waals surface area (Å²) in [5.41, 5.74) is -0.324. The molecule has 0 unspecified atom stereocenters. The summed E-state index contributed by atoms with van der Waals surface area (Å²) in [5, 5.41) is 19.3. The van der Waals surface area contributed by atoms with Gasteiger partial charge < -0.3 is 15.7 Å². The Morgan fingerprint density at radius 1 is 1.55 bits per heavy atom. The predicted molar refractivity (Wildman–Crippen MR) is 80.1 cm³/mol. The average Bonchev–Trinajstić information content (AvgIpc) is 2.79. The first-order chi connectivity index (χ1) is 9.63. The summed E-state index contributed by atoms with van der Waals surface area (Å²) < 4.78 is 0. The van der Waals surface area contributed by atoms with Crippen molar-refractivity contribution in [3.63, 3.8) is 0 Å². The zero-order valence-corrected chi connectivity index (χ0v) is 12.8. The highest BCUT2D eigenvalue weighted by Gasteiger charge is 2.28. The summed E-state index contributed by atoms with van der Waals surface area (Å²) in [6, 6.07) is 0. The number of carbonyl (C=O) groups is 1. The fourth-order valence-corrected chi connectivity index (χ4v) is 3.25. The maximum absolute atomic E-state index is 12.0. The third-order valence-corrected chi connectivity index (χ3v) is 4.50. The first-order valence-corrected chi connectivity index (χ1v) is 8.17. The molecule has 2 rings (SSSR count). The number of hydrogen-bond donors (Lipinski definition) is 3. The van der Waals surface area contributed by atoms with Crippen LogP contribution in [-0.2, 0) is 6.42 Å². The molecule has 1 aromatic rings. The maximum atomic E-state index is 12.0. The molecule has 1 saturated heterocycles. The fraction of sp³-hybridized carbons (Fsp3) is 0.714. The van der Waals surface area contributed by atoms with Crippen molar-refractivity contribution in [3.05, 3.63) is 16.1 Å². The molecule has 1 aromatic heterocycles. The molecule has 2 heterocycles. The van der Waals surface area contributed by atoms with E-state index in [4.69, 9.17) is 0 Å². The van der Waals surface area contributed by atoms with Gasteiger partial charge in [0.2, 0.25) is 0 Å². The van der Waals surface area contributed by atoms with Crippen LogP contribution in [0.1, 0.15) is 48.1 Å². The number of aromatic nitrogens is 1. The van der Waals surface area contributed by atoms with Gasteiger partial charge in [0.05, 0.1) is 10.6 Å². The highest BCUT2D eigenvalue weighted by Crippen LogP contribution is 2.18. The normalized spacial score (nSPS) is 23.3. The smallest absolute Gasteiger partial charge is 0.270 e. The number of aliphatic hydroxyl groups is 1. The van der Waals surface area contributed by atoms with Crippen molar-refractivity contribution in [2.24, 2.45) is 0 Å². The van der Waals surface area contributed by atoms with E-state index in [1.807, 2.05) is 0 Å². The Morgan fingerprint density at radius 3 is 3.20 bits per heavy atom.